The number of carbonyl (C=O) groups excluding carboxylic acids is 1. The number of aryl methyl sites for hydroxylation is 4. The van der Waals surface area contributed by atoms with E-state index < -0.39 is 5.24 Å². The second-order valence-corrected chi connectivity index (χ2v) is 7.47. The van der Waals surface area contributed by atoms with Crippen molar-refractivity contribution in [3.8, 4) is 0 Å². The van der Waals surface area contributed by atoms with Gasteiger partial charge in [-0.3, -0.25) is 9.78 Å². The molecule has 0 aliphatic heterocycles. The molecule has 0 radical (unpaired) electrons. The van der Waals surface area contributed by atoms with Crippen molar-refractivity contribution in [3.05, 3.63) is 76.5 Å². The average molecular weight is 390 g/mol. The van der Waals surface area contributed by atoms with E-state index in [1.807, 2.05) is 38.1 Å². The summed E-state index contributed by atoms with van der Waals surface area (Å²) in [5.41, 5.74) is 12.9. The average Bonchev–Trinajstić information content (AvgIpc) is 2.66. The lowest BCUT2D eigenvalue weighted by molar-refractivity contribution is 0.108. The van der Waals surface area contributed by atoms with Crippen molar-refractivity contribution in [1.29, 1.82) is 0 Å². The number of hydrogen-bond acceptors (Lipinski definition) is 4. The van der Waals surface area contributed by atoms with Gasteiger partial charge in [0.2, 0.25) is 0 Å². The largest absolute Gasteiger partial charge is 0.382 e. The van der Waals surface area contributed by atoms with E-state index in [-0.39, 0.29) is 0 Å². The van der Waals surface area contributed by atoms with Crippen molar-refractivity contribution in [3.63, 3.8) is 0 Å². The third kappa shape index (κ3) is 3.32. The van der Waals surface area contributed by atoms with Crippen LogP contribution in [0.4, 0.5) is 5.82 Å². The van der Waals surface area contributed by atoms with Crippen LogP contribution < -0.4 is 5.73 Å². The monoisotopic (exact) mass is 389 g/mol. The Labute approximate surface area is 168 Å². The van der Waals surface area contributed by atoms with Crippen LogP contribution in [0.5, 0.6) is 0 Å². The molecule has 5 heteroatoms. The minimum absolute atomic E-state index is 0.431. The van der Waals surface area contributed by atoms with Crippen LogP contribution in [-0.2, 0) is 12.8 Å². The van der Waals surface area contributed by atoms with Crippen LogP contribution in [0.25, 0.3) is 21.8 Å². The van der Waals surface area contributed by atoms with Gasteiger partial charge >= 0.3 is 0 Å². The summed E-state index contributed by atoms with van der Waals surface area (Å²) in [6.45, 7) is 4.05. The van der Waals surface area contributed by atoms with Crippen LogP contribution in [0.1, 0.15) is 32.6 Å². The predicted octanol–water partition coefficient (Wildman–Crippen LogP) is 5.15. The third-order valence-corrected chi connectivity index (χ3v) is 5.39. The van der Waals surface area contributed by atoms with Crippen LogP contribution in [0, 0.1) is 13.8 Å². The maximum Gasteiger partial charge on any atom is 0.252 e. The molecular weight excluding hydrogens is 370 g/mol. The van der Waals surface area contributed by atoms with Gasteiger partial charge in [-0.2, -0.15) is 0 Å². The van der Waals surface area contributed by atoms with E-state index in [1.54, 1.807) is 12.3 Å². The highest BCUT2D eigenvalue weighted by Crippen LogP contribution is 2.30. The van der Waals surface area contributed by atoms with E-state index in [2.05, 4.69) is 22.1 Å². The van der Waals surface area contributed by atoms with Gasteiger partial charge < -0.3 is 5.73 Å². The van der Waals surface area contributed by atoms with Gasteiger partial charge in [-0.25, -0.2) is 4.98 Å². The summed E-state index contributed by atoms with van der Waals surface area (Å²) in [6, 6.07) is 13.9. The lowest BCUT2D eigenvalue weighted by Crippen LogP contribution is -2.01. The van der Waals surface area contributed by atoms with Gasteiger partial charge in [-0.15, -0.1) is 0 Å². The zero-order valence-electron chi connectivity index (χ0n) is 15.8. The fourth-order valence-corrected chi connectivity index (χ4v) is 3.82. The molecule has 2 N–H and O–H groups in total. The Morgan fingerprint density at radius 1 is 1.04 bits per heavy atom. The predicted molar refractivity (Wildman–Crippen MR) is 115 cm³/mol. The molecule has 0 atom stereocenters. The van der Waals surface area contributed by atoms with E-state index in [0.717, 1.165) is 45.8 Å². The number of aromatic nitrogens is 2. The van der Waals surface area contributed by atoms with Crippen molar-refractivity contribution < 1.29 is 4.79 Å². The first-order valence-electron chi connectivity index (χ1n) is 9.17. The van der Waals surface area contributed by atoms with Crippen LogP contribution in [0.3, 0.4) is 0 Å². The van der Waals surface area contributed by atoms with Crippen molar-refractivity contribution in [2.45, 2.75) is 26.7 Å². The van der Waals surface area contributed by atoms with Crippen LogP contribution in [-0.4, -0.2) is 15.2 Å². The maximum atomic E-state index is 11.4. The highest BCUT2D eigenvalue weighted by molar-refractivity contribution is 6.67. The van der Waals surface area contributed by atoms with Gasteiger partial charge in [-0.05, 0) is 84.8 Å². The van der Waals surface area contributed by atoms with E-state index in [0.29, 0.717) is 11.4 Å². The zero-order chi connectivity index (χ0) is 19.8. The molecule has 0 bridgehead atoms. The number of carbonyl (C=O) groups is 1. The Hall–Kier alpha value is -2.98. The smallest absolute Gasteiger partial charge is 0.252 e. The molecule has 0 saturated heterocycles. The van der Waals surface area contributed by atoms with Gasteiger partial charge in [0.1, 0.15) is 5.52 Å². The minimum atomic E-state index is -0.431. The molecule has 0 unspecified atom stereocenters. The minimum Gasteiger partial charge on any atom is -0.382 e. The number of rotatable bonds is 4. The second kappa shape index (κ2) is 7.21. The molecule has 4 aromatic rings. The first-order valence-corrected chi connectivity index (χ1v) is 9.54. The topological polar surface area (TPSA) is 68.9 Å². The number of pyridine rings is 2. The Kier molecular flexibility index (Phi) is 4.73. The van der Waals surface area contributed by atoms with Crippen LogP contribution >= 0.6 is 11.6 Å². The lowest BCUT2D eigenvalue weighted by atomic mass is 9.96. The first-order chi connectivity index (χ1) is 13.4. The summed E-state index contributed by atoms with van der Waals surface area (Å²) in [5.74, 6) is 0.455. The van der Waals surface area contributed by atoms with Crippen molar-refractivity contribution in [2.24, 2.45) is 0 Å². The SMILES string of the molecule is Cc1ccc2c(c1)nc(N)c1nccc(CCc3ccc(C(=O)Cl)cc3C)c12. The Morgan fingerprint density at radius 3 is 2.57 bits per heavy atom. The van der Waals surface area contributed by atoms with Gasteiger partial charge in [0.15, 0.2) is 5.82 Å². The van der Waals surface area contributed by atoms with E-state index >= 15 is 0 Å². The summed E-state index contributed by atoms with van der Waals surface area (Å²) >= 11 is 5.58. The normalized spacial score (nSPS) is 11.2. The number of halogens is 1. The molecular formula is C23H20ClN3O. The fourth-order valence-electron chi connectivity index (χ4n) is 3.70. The van der Waals surface area contributed by atoms with Crippen LogP contribution in [0.2, 0.25) is 0 Å². The molecule has 28 heavy (non-hydrogen) atoms. The number of hydrogen-bond donors (Lipinski definition) is 1. The zero-order valence-corrected chi connectivity index (χ0v) is 16.5. The summed E-state index contributed by atoms with van der Waals surface area (Å²) < 4.78 is 0. The summed E-state index contributed by atoms with van der Waals surface area (Å²) in [7, 11) is 0. The van der Waals surface area contributed by atoms with Crippen molar-refractivity contribution in [1.82, 2.24) is 9.97 Å². The lowest BCUT2D eigenvalue weighted by Gasteiger charge is -2.12. The number of nitrogens with zero attached hydrogens (tertiary/aromatic N) is 2. The molecule has 0 amide bonds. The molecule has 0 fully saturated rings. The fraction of sp³-hybridized carbons (Fsp3) is 0.174. The molecule has 4 rings (SSSR count). The number of anilines is 1. The molecule has 2 aromatic heterocycles. The molecule has 0 aliphatic carbocycles. The number of fused-ring (bicyclic) bond motifs is 3. The molecule has 4 nitrogen and oxygen atoms in total. The quantitative estimate of drug-likeness (QED) is 0.387. The van der Waals surface area contributed by atoms with Gasteiger partial charge in [-0.1, -0.05) is 18.2 Å². The van der Waals surface area contributed by atoms with E-state index in [1.165, 1.54) is 11.1 Å². The summed E-state index contributed by atoms with van der Waals surface area (Å²) in [4.78, 5) is 20.4. The molecule has 0 spiro atoms. The van der Waals surface area contributed by atoms with Gasteiger partial charge in [0, 0.05) is 22.5 Å². The summed E-state index contributed by atoms with van der Waals surface area (Å²) in [6.07, 6.45) is 3.47. The highest BCUT2D eigenvalue weighted by atomic mass is 35.5. The third-order valence-electron chi connectivity index (χ3n) is 5.18. The van der Waals surface area contributed by atoms with Crippen LogP contribution in [0.15, 0.2) is 48.7 Å². The maximum absolute atomic E-state index is 11.4. The molecule has 2 aromatic carbocycles. The number of nitrogen functional groups attached to an aromatic ring is 1. The van der Waals surface area contributed by atoms with Crippen molar-refractivity contribution >= 4 is 44.5 Å². The Bertz CT molecular complexity index is 1230. The number of nitrogens with two attached hydrogens (primary N) is 1. The summed E-state index contributed by atoms with van der Waals surface area (Å²) in [5, 5.41) is 1.70. The Balaban J connectivity index is 1.77. The molecule has 2 heterocycles. The van der Waals surface area contributed by atoms with Gasteiger partial charge in [0.25, 0.3) is 5.24 Å². The first kappa shape index (κ1) is 18.4. The van der Waals surface area contributed by atoms with E-state index in [4.69, 9.17) is 17.3 Å². The molecule has 0 aliphatic rings. The molecule has 140 valence electrons. The van der Waals surface area contributed by atoms with E-state index in [9.17, 15) is 4.79 Å². The highest BCUT2D eigenvalue weighted by Gasteiger charge is 2.12. The standard InChI is InChI=1S/C23H20ClN3O/c1-13-3-8-18-19(11-13)27-23(25)21-20(18)16(9-10-26-21)6-4-15-5-7-17(22(24)28)12-14(15)2/h3,5,7-12H,4,6H2,1-2H3,(H2,25,27). The molecule has 0 saturated carbocycles. The second-order valence-electron chi connectivity index (χ2n) is 7.13. The van der Waals surface area contributed by atoms with Gasteiger partial charge in [0.05, 0.1) is 5.52 Å². The Morgan fingerprint density at radius 2 is 1.82 bits per heavy atom. The number of benzene rings is 2. The van der Waals surface area contributed by atoms with Crippen molar-refractivity contribution in [2.75, 3.05) is 5.73 Å².